The van der Waals surface area contributed by atoms with Gasteiger partial charge in [0.05, 0.1) is 26.3 Å². The molecule has 2 N–H and O–H groups in total. The molecule has 0 saturated carbocycles. The number of halogens is 1. The van der Waals surface area contributed by atoms with Crippen molar-refractivity contribution in [3.8, 4) is 11.5 Å². The van der Waals surface area contributed by atoms with Crippen molar-refractivity contribution in [1.82, 2.24) is 9.97 Å². The number of carbonyl (C=O) groups excluding carboxylic acids is 1. The first-order chi connectivity index (χ1) is 17.2. The number of hydrogen-bond donors (Lipinski definition) is 2. The summed E-state index contributed by atoms with van der Waals surface area (Å²) in [6.07, 6.45) is 2.00. The molecule has 1 unspecified atom stereocenters. The molecule has 36 heavy (non-hydrogen) atoms. The van der Waals surface area contributed by atoms with Crippen LogP contribution in [0.15, 0.2) is 80.7 Å². The summed E-state index contributed by atoms with van der Waals surface area (Å²) in [5.41, 5.74) is 2.19. The molecular formula is C25H23BrN4O5S. The number of phenolic OH excluding ortho intramolecular Hbond substituents is 1. The van der Waals surface area contributed by atoms with Crippen molar-refractivity contribution in [3.05, 3.63) is 77.0 Å². The van der Waals surface area contributed by atoms with Crippen LogP contribution >= 0.6 is 15.9 Å². The second kappa shape index (κ2) is 10.9. The molecule has 4 rings (SSSR count). The Hall–Kier alpha value is -3.70. The third kappa shape index (κ3) is 6.10. The van der Waals surface area contributed by atoms with E-state index in [1.54, 1.807) is 55.5 Å². The highest BCUT2D eigenvalue weighted by Gasteiger charge is 2.13. The lowest BCUT2D eigenvalue weighted by Gasteiger charge is -2.13. The maximum atomic E-state index is 12.9. The molecule has 0 aliphatic carbocycles. The monoisotopic (exact) mass is 570 g/mol. The minimum absolute atomic E-state index is 0.158. The topological polar surface area (TPSA) is 123 Å². The average molecular weight is 571 g/mol. The number of hydrogen-bond acceptors (Lipinski definition) is 8. The largest absolute Gasteiger partial charge is 0.508 e. The number of phenols is 1. The molecule has 3 aromatic carbocycles. The van der Waals surface area contributed by atoms with Crippen molar-refractivity contribution in [2.75, 3.05) is 18.2 Å². The quantitative estimate of drug-likeness (QED) is 0.258. The SMILES string of the molecule is CCOC(=O)N=S(C)(=O)c1cccc(COc2cc3ncnc(Nc4ccc(O)cc4)c3cc2Br)c1. The molecule has 186 valence electrons. The minimum Gasteiger partial charge on any atom is -0.508 e. The van der Waals surface area contributed by atoms with Crippen LogP contribution < -0.4 is 10.1 Å². The van der Waals surface area contributed by atoms with Crippen molar-refractivity contribution in [2.24, 2.45) is 4.36 Å². The number of ether oxygens (including phenoxy) is 2. The second-order valence-electron chi connectivity index (χ2n) is 7.72. The number of aromatic nitrogens is 2. The van der Waals surface area contributed by atoms with Gasteiger partial charge in [-0.15, -0.1) is 4.36 Å². The van der Waals surface area contributed by atoms with E-state index in [-0.39, 0.29) is 19.0 Å². The molecule has 4 aromatic rings. The van der Waals surface area contributed by atoms with E-state index in [4.69, 9.17) is 9.47 Å². The Morgan fingerprint density at radius 2 is 1.92 bits per heavy atom. The zero-order valence-corrected chi connectivity index (χ0v) is 21.9. The molecule has 1 heterocycles. The Bertz CT molecular complexity index is 1540. The number of benzene rings is 3. The van der Waals surface area contributed by atoms with E-state index >= 15 is 0 Å². The van der Waals surface area contributed by atoms with E-state index < -0.39 is 15.8 Å². The molecule has 1 aromatic heterocycles. The molecule has 0 radical (unpaired) electrons. The lowest BCUT2D eigenvalue weighted by atomic mass is 10.2. The van der Waals surface area contributed by atoms with Crippen LogP contribution in [0.1, 0.15) is 12.5 Å². The number of nitrogens with one attached hydrogen (secondary N) is 1. The standard InChI is InChI=1S/C25H23BrN4O5S/c1-3-34-25(32)30-36(2,33)19-6-4-5-16(11-19)14-35-23-13-22-20(12-21(23)26)24(28-15-27-22)29-17-7-9-18(31)10-8-17/h4-13,15,31H,3,14H2,1-2H3,(H,27,28,29). The lowest BCUT2D eigenvalue weighted by molar-refractivity contribution is 0.164. The van der Waals surface area contributed by atoms with Crippen molar-refractivity contribution in [3.63, 3.8) is 0 Å². The molecule has 0 aliphatic heterocycles. The molecule has 0 aliphatic rings. The van der Waals surface area contributed by atoms with Gasteiger partial charge in [0.2, 0.25) is 0 Å². The first kappa shape index (κ1) is 25.4. The molecular weight excluding hydrogens is 548 g/mol. The van der Waals surface area contributed by atoms with Crippen LogP contribution in [0.5, 0.6) is 11.5 Å². The molecule has 0 spiro atoms. The van der Waals surface area contributed by atoms with E-state index in [0.29, 0.717) is 26.5 Å². The second-order valence-corrected chi connectivity index (χ2v) is 10.8. The maximum Gasteiger partial charge on any atom is 0.442 e. The summed E-state index contributed by atoms with van der Waals surface area (Å²) in [4.78, 5) is 20.8. The van der Waals surface area contributed by atoms with Crippen molar-refractivity contribution in [2.45, 2.75) is 18.4 Å². The van der Waals surface area contributed by atoms with Crippen LogP contribution in [0, 0.1) is 0 Å². The van der Waals surface area contributed by atoms with Crippen LogP contribution in [0.2, 0.25) is 0 Å². The third-order valence-electron chi connectivity index (χ3n) is 5.07. The van der Waals surface area contributed by atoms with Gasteiger partial charge in [0.15, 0.2) is 0 Å². The Morgan fingerprint density at radius 1 is 1.14 bits per heavy atom. The normalized spacial score (nSPS) is 12.5. The number of anilines is 2. The molecule has 0 bridgehead atoms. The molecule has 9 nitrogen and oxygen atoms in total. The molecule has 11 heteroatoms. The van der Waals surface area contributed by atoms with Crippen LogP contribution in [0.3, 0.4) is 0 Å². The van der Waals surface area contributed by atoms with Gasteiger partial charge in [0.1, 0.15) is 30.3 Å². The fourth-order valence-corrected chi connectivity index (χ4v) is 4.93. The summed E-state index contributed by atoms with van der Waals surface area (Å²) in [5, 5.41) is 13.5. The fraction of sp³-hybridized carbons (Fsp3) is 0.160. The first-order valence-corrected chi connectivity index (χ1v) is 13.6. The van der Waals surface area contributed by atoms with E-state index in [1.807, 2.05) is 12.1 Å². The van der Waals surface area contributed by atoms with E-state index in [2.05, 4.69) is 35.6 Å². The Morgan fingerprint density at radius 3 is 2.67 bits per heavy atom. The predicted octanol–water partition coefficient (Wildman–Crippen LogP) is 6.03. The Balaban J connectivity index is 1.55. The van der Waals surface area contributed by atoms with Crippen LogP contribution in [0.4, 0.5) is 16.3 Å². The average Bonchev–Trinajstić information content (AvgIpc) is 2.84. The molecule has 1 atom stereocenters. The van der Waals surface area contributed by atoms with Gasteiger partial charge < -0.3 is 19.9 Å². The highest BCUT2D eigenvalue weighted by Crippen LogP contribution is 2.33. The number of aromatic hydroxyl groups is 1. The predicted molar refractivity (Wildman–Crippen MR) is 141 cm³/mol. The number of rotatable bonds is 7. The van der Waals surface area contributed by atoms with Crippen LogP contribution in [0.25, 0.3) is 10.9 Å². The van der Waals surface area contributed by atoms with Gasteiger partial charge in [-0.05, 0) is 70.9 Å². The van der Waals surface area contributed by atoms with Gasteiger partial charge >= 0.3 is 6.09 Å². The minimum atomic E-state index is -2.96. The van der Waals surface area contributed by atoms with Gasteiger partial charge in [0.25, 0.3) is 0 Å². The van der Waals surface area contributed by atoms with Gasteiger partial charge in [0, 0.05) is 28.3 Å². The van der Waals surface area contributed by atoms with Crippen molar-refractivity contribution in [1.29, 1.82) is 0 Å². The van der Waals surface area contributed by atoms with Crippen LogP contribution in [-0.2, 0) is 21.1 Å². The number of carbonyl (C=O) groups is 1. The number of nitrogens with zero attached hydrogens (tertiary/aromatic N) is 3. The summed E-state index contributed by atoms with van der Waals surface area (Å²) in [6, 6.07) is 17.3. The smallest absolute Gasteiger partial charge is 0.442 e. The van der Waals surface area contributed by atoms with Gasteiger partial charge in [-0.2, -0.15) is 0 Å². The van der Waals surface area contributed by atoms with Gasteiger partial charge in [-0.25, -0.2) is 19.0 Å². The number of amides is 1. The first-order valence-electron chi connectivity index (χ1n) is 10.9. The molecule has 0 saturated heterocycles. The zero-order chi connectivity index (χ0) is 25.7. The fourth-order valence-electron chi connectivity index (χ4n) is 3.33. The summed E-state index contributed by atoms with van der Waals surface area (Å²) < 4.78 is 28.1. The number of fused-ring (bicyclic) bond motifs is 1. The van der Waals surface area contributed by atoms with Gasteiger partial charge in [-0.3, -0.25) is 0 Å². The summed E-state index contributed by atoms with van der Waals surface area (Å²) >= 11 is 3.55. The van der Waals surface area contributed by atoms with Gasteiger partial charge in [-0.1, -0.05) is 12.1 Å². The Labute approximate surface area is 216 Å². The highest BCUT2D eigenvalue weighted by molar-refractivity contribution is 9.10. The highest BCUT2D eigenvalue weighted by atomic mass is 79.9. The van der Waals surface area contributed by atoms with E-state index in [0.717, 1.165) is 16.6 Å². The van der Waals surface area contributed by atoms with E-state index in [1.165, 1.54) is 12.6 Å². The summed E-state index contributed by atoms with van der Waals surface area (Å²) in [5.74, 6) is 1.35. The van der Waals surface area contributed by atoms with E-state index in [9.17, 15) is 14.1 Å². The Kier molecular flexibility index (Phi) is 7.70. The maximum absolute atomic E-state index is 12.9. The van der Waals surface area contributed by atoms with Crippen LogP contribution in [-0.4, -0.2) is 38.2 Å². The summed E-state index contributed by atoms with van der Waals surface area (Å²) in [6.45, 7) is 2.01. The molecule has 1 amide bonds. The molecule has 0 fully saturated rings. The third-order valence-corrected chi connectivity index (χ3v) is 7.31. The zero-order valence-electron chi connectivity index (χ0n) is 19.5. The summed E-state index contributed by atoms with van der Waals surface area (Å²) in [7, 11) is -2.96. The van der Waals surface area contributed by atoms with Crippen molar-refractivity contribution < 1.29 is 23.6 Å². The van der Waals surface area contributed by atoms with Crippen molar-refractivity contribution >= 4 is 54.2 Å². The lowest BCUT2D eigenvalue weighted by Crippen LogP contribution is -2.06.